The van der Waals surface area contributed by atoms with Gasteiger partial charge in [-0.15, -0.1) is 11.3 Å². The van der Waals surface area contributed by atoms with Gasteiger partial charge in [-0.25, -0.2) is 22.9 Å². The lowest BCUT2D eigenvalue weighted by Crippen LogP contribution is -2.38. The molecule has 0 unspecified atom stereocenters. The topological polar surface area (TPSA) is 88.2 Å². The average molecular weight is 450 g/mol. The molecule has 0 bridgehead atoms. The summed E-state index contributed by atoms with van der Waals surface area (Å²) in [5, 5.41) is 5.50. The molecule has 0 atom stereocenters. The first-order valence-corrected chi connectivity index (χ1v) is 11.8. The van der Waals surface area contributed by atoms with Crippen molar-refractivity contribution in [3.8, 4) is 21.8 Å². The summed E-state index contributed by atoms with van der Waals surface area (Å²) in [4.78, 5) is 16.8. The van der Waals surface area contributed by atoms with Crippen LogP contribution in [0.3, 0.4) is 0 Å². The van der Waals surface area contributed by atoms with Gasteiger partial charge in [-0.1, -0.05) is 72.8 Å². The standard InChI is InChI=1S/C23H19N3O3S2/c27-23(26-31(28,29)20-9-5-2-6-10-20)24-15-17-11-13-19(14-12-17)22-25-21(16-30-22)18-7-3-1-4-8-18/h1-14,16H,15H2,(H2,24,26,27). The second-order valence-electron chi connectivity index (χ2n) is 6.70. The summed E-state index contributed by atoms with van der Waals surface area (Å²) in [6.45, 7) is 0.198. The van der Waals surface area contributed by atoms with Crippen LogP contribution < -0.4 is 10.0 Å². The molecule has 0 spiro atoms. The third kappa shape index (κ3) is 5.17. The first-order chi connectivity index (χ1) is 15.0. The number of amides is 2. The van der Waals surface area contributed by atoms with Gasteiger partial charge in [-0.05, 0) is 17.7 Å². The Labute approximate surface area is 184 Å². The lowest BCUT2D eigenvalue weighted by atomic mass is 10.1. The highest BCUT2D eigenvalue weighted by Crippen LogP contribution is 2.28. The van der Waals surface area contributed by atoms with Gasteiger partial charge < -0.3 is 5.32 Å². The van der Waals surface area contributed by atoms with E-state index >= 15 is 0 Å². The summed E-state index contributed by atoms with van der Waals surface area (Å²) in [7, 11) is -3.90. The van der Waals surface area contributed by atoms with E-state index in [2.05, 4.69) is 5.32 Å². The minimum Gasteiger partial charge on any atom is -0.333 e. The molecule has 2 amide bonds. The Bertz CT molecular complexity index is 1270. The van der Waals surface area contributed by atoms with Crippen molar-refractivity contribution in [1.82, 2.24) is 15.0 Å². The number of benzene rings is 3. The maximum Gasteiger partial charge on any atom is 0.328 e. The summed E-state index contributed by atoms with van der Waals surface area (Å²) in [5.74, 6) is 0. The zero-order valence-electron chi connectivity index (χ0n) is 16.4. The first-order valence-electron chi connectivity index (χ1n) is 9.47. The molecule has 31 heavy (non-hydrogen) atoms. The maximum atomic E-state index is 12.2. The van der Waals surface area contributed by atoms with Crippen LogP contribution in [0, 0.1) is 0 Å². The number of urea groups is 1. The number of thiazole rings is 1. The van der Waals surface area contributed by atoms with E-state index in [0.717, 1.165) is 27.4 Å². The number of carbonyl (C=O) groups excluding carboxylic acids is 1. The quantitative estimate of drug-likeness (QED) is 0.448. The van der Waals surface area contributed by atoms with E-state index in [9.17, 15) is 13.2 Å². The van der Waals surface area contributed by atoms with E-state index < -0.39 is 16.1 Å². The number of nitrogens with one attached hydrogen (secondary N) is 2. The zero-order valence-corrected chi connectivity index (χ0v) is 18.0. The number of hydrogen-bond acceptors (Lipinski definition) is 5. The van der Waals surface area contributed by atoms with Gasteiger partial charge in [-0.2, -0.15) is 0 Å². The van der Waals surface area contributed by atoms with Crippen molar-refractivity contribution in [3.05, 3.63) is 95.9 Å². The molecule has 0 aliphatic rings. The van der Waals surface area contributed by atoms with Crippen LogP contribution in [0.25, 0.3) is 21.8 Å². The number of carbonyl (C=O) groups is 1. The summed E-state index contributed by atoms with van der Waals surface area (Å²) in [6, 6.07) is 24.6. The molecule has 156 valence electrons. The largest absolute Gasteiger partial charge is 0.333 e. The van der Waals surface area contributed by atoms with Crippen LogP contribution in [0.5, 0.6) is 0 Å². The lowest BCUT2D eigenvalue weighted by molar-refractivity contribution is 0.245. The summed E-state index contributed by atoms with van der Waals surface area (Å²) >= 11 is 1.57. The summed E-state index contributed by atoms with van der Waals surface area (Å²) in [5.41, 5.74) is 3.83. The minimum atomic E-state index is -3.90. The number of rotatable bonds is 6. The van der Waals surface area contributed by atoms with Crippen LogP contribution in [-0.4, -0.2) is 19.4 Å². The van der Waals surface area contributed by atoms with Gasteiger partial charge in [0, 0.05) is 23.1 Å². The molecule has 1 aromatic heterocycles. The Hall–Kier alpha value is -3.49. The average Bonchev–Trinajstić information content (AvgIpc) is 3.29. The highest BCUT2D eigenvalue weighted by Gasteiger charge is 2.16. The van der Waals surface area contributed by atoms with Gasteiger partial charge in [0.25, 0.3) is 10.0 Å². The molecule has 3 aromatic carbocycles. The van der Waals surface area contributed by atoms with Gasteiger partial charge in [0.05, 0.1) is 10.6 Å². The Morgan fingerprint density at radius 3 is 2.16 bits per heavy atom. The van der Waals surface area contributed by atoms with E-state index in [1.807, 2.05) is 64.7 Å². The fourth-order valence-corrected chi connectivity index (χ4v) is 4.70. The van der Waals surface area contributed by atoms with Gasteiger partial charge >= 0.3 is 6.03 Å². The molecular weight excluding hydrogens is 430 g/mol. The molecule has 1 heterocycles. The van der Waals surface area contributed by atoms with Crippen molar-refractivity contribution in [2.75, 3.05) is 0 Å². The summed E-state index contributed by atoms with van der Waals surface area (Å²) in [6.07, 6.45) is 0. The van der Waals surface area contributed by atoms with Crippen molar-refractivity contribution in [2.24, 2.45) is 0 Å². The zero-order chi connectivity index (χ0) is 21.7. The van der Waals surface area contributed by atoms with Crippen LogP contribution in [0.15, 0.2) is 95.2 Å². The predicted octanol–water partition coefficient (Wildman–Crippen LogP) is 4.67. The van der Waals surface area contributed by atoms with Crippen LogP contribution in [0.4, 0.5) is 4.79 Å². The third-order valence-electron chi connectivity index (χ3n) is 4.51. The van der Waals surface area contributed by atoms with Crippen molar-refractivity contribution in [3.63, 3.8) is 0 Å². The van der Waals surface area contributed by atoms with Crippen molar-refractivity contribution < 1.29 is 13.2 Å². The first kappa shape index (κ1) is 20.8. The van der Waals surface area contributed by atoms with E-state index in [1.165, 1.54) is 12.1 Å². The Morgan fingerprint density at radius 2 is 1.48 bits per heavy atom. The normalized spacial score (nSPS) is 11.1. The molecule has 0 aliphatic heterocycles. The Kier molecular flexibility index (Phi) is 6.11. The summed E-state index contributed by atoms with van der Waals surface area (Å²) < 4.78 is 26.4. The fourth-order valence-electron chi connectivity index (χ4n) is 2.91. The second-order valence-corrected chi connectivity index (χ2v) is 9.24. The van der Waals surface area contributed by atoms with Crippen molar-refractivity contribution >= 4 is 27.4 Å². The monoisotopic (exact) mass is 449 g/mol. The molecule has 0 radical (unpaired) electrons. The molecule has 0 saturated carbocycles. The predicted molar refractivity (Wildman–Crippen MR) is 122 cm³/mol. The molecule has 0 saturated heterocycles. The highest BCUT2D eigenvalue weighted by molar-refractivity contribution is 7.90. The third-order valence-corrected chi connectivity index (χ3v) is 6.75. The minimum absolute atomic E-state index is 0.0350. The Balaban J connectivity index is 1.36. The van der Waals surface area contributed by atoms with E-state index in [1.54, 1.807) is 29.5 Å². The molecule has 2 N–H and O–H groups in total. The van der Waals surface area contributed by atoms with Gasteiger partial charge in [0.1, 0.15) is 5.01 Å². The SMILES string of the molecule is O=C(NCc1ccc(-c2nc(-c3ccccc3)cs2)cc1)NS(=O)(=O)c1ccccc1. The fraction of sp³-hybridized carbons (Fsp3) is 0.0435. The smallest absolute Gasteiger partial charge is 0.328 e. The molecule has 0 fully saturated rings. The van der Waals surface area contributed by atoms with Crippen LogP contribution in [0.2, 0.25) is 0 Å². The van der Waals surface area contributed by atoms with Gasteiger partial charge in [0.2, 0.25) is 0 Å². The molecule has 6 nitrogen and oxygen atoms in total. The van der Waals surface area contributed by atoms with Gasteiger partial charge in [-0.3, -0.25) is 0 Å². The maximum absolute atomic E-state index is 12.2. The molecule has 4 rings (SSSR count). The number of sulfonamides is 1. The van der Waals surface area contributed by atoms with Gasteiger partial charge in [0.15, 0.2) is 0 Å². The number of hydrogen-bond donors (Lipinski definition) is 2. The second kappa shape index (κ2) is 9.11. The molecule has 4 aromatic rings. The number of aromatic nitrogens is 1. The lowest BCUT2D eigenvalue weighted by Gasteiger charge is -2.09. The van der Waals surface area contributed by atoms with Crippen molar-refractivity contribution in [1.29, 1.82) is 0 Å². The Morgan fingerprint density at radius 1 is 0.839 bits per heavy atom. The van der Waals surface area contributed by atoms with E-state index in [4.69, 9.17) is 4.98 Å². The highest BCUT2D eigenvalue weighted by atomic mass is 32.2. The van der Waals surface area contributed by atoms with E-state index in [-0.39, 0.29) is 11.4 Å². The number of nitrogens with zero attached hydrogens (tertiary/aromatic N) is 1. The molecular formula is C23H19N3O3S2. The van der Waals surface area contributed by atoms with Crippen LogP contribution in [-0.2, 0) is 16.6 Å². The molecule has 8 heteroatoms. The van der Waals surface area contributed by atoms with Crippen LogP contribution in [0.1, 0.15) is 5.56 Å². The van der Waals surface area contributed by atoms with Crippen LogP contribution >= 0.6 is 11.3 Å². The molecule has 0 aliphatic carbocycles. The van der Waals surface area contributed by atoms with E-state index in [0.29, 0.717) is 0 Å². The van der Waals surface area contributed by atoms with Crippen molar-refractivity contribution in [2.45, 2.75) is 11.4 Å².